The van der Waals surface area contributed by atoms with Crippen molar-refractivity contribution in [3.63, 3.8) is 0 Å². The summed E-state index contributed by atoms with van der Waals surface area (Å²) in [4.78, 5) is 49.8. The molecule has 0 spiro atoms. The lowest BCUT2D eigenvalue weighted by Crippen LogP contribution is -2.41. The Balaban J connectivity index is 1.53. The number of Topliss-reactive ketones (excluding diaryl/α,β-unsaturated/α-hetero) is 1. The second kappa shape index (κ2) is 8.89. The summed E-state index contributed by atoms with van der Waals surface area (Å²) in [5.41, 5.74) is 1.03. The van der Waals surface area contributed by atoms with Gasteiger partial charge in [0.05, 0.1) is 5.69 Å². The molecule has 1 aromatic carbocycles. The average molecular weight is 399 g/mol. The van der Waals surface area contributed by atoms with Gasteiger partial charge in [0.1, 0.15) is 5.75 Å². The summed E-state index contributed by atoms with van der Waals surface area (Å²) < 4.78 is 5.52. The van der Waals surface area contributed by atoms with E-state index in [1.54, 1.807) is 30.0 Å². The molecule has 2 aliphatic heterocycles. The van der Waals surface area contributed by atoms with Crippen LogP contribution in [0.5, 0.6) is 5.75 Å². The first-order chi connectivity index (χ1) is 13.9. The number of anilines is 1. The van der Waals surface area contributed by atoms with E-state index in [4.69, 9.17) is 4.74 Å². The highest BCUT2D eigenvalue weighted by atomic mass is 16.5. The van der Waals surface area contributed by atoms with Gasteiger partial charge in [0, 0.05) is 37.5 Å². The molecule has 2 aliphatic rings. The lowest BCUT2D eigenvalue weighted by atomic mass is 9.88. The van der Waals surface area contributed by atoms with Crippen LogP contribution >= 0.6 is 0 Å². The van der Waals surface area contributed by atoms with Crippen molar-refractivity contribution in [1.29, 1.82) is 0 Å². The fourth-order valence-electron chi connectivity index (χ4n) is 3.51. The number of benzene rings is 1. The summed E-state index contributed by atoms with van der Waals surface area (Å²) >= 11 is 0. The SMILES string of the molecule is C=CC(=O)NCCC(=O)N1CCC(C(=O)c2ccc3c(c2)NC(=O)C(C)O3)CC1. The van der Waals surface area contributed by atoms with Gasteiger partial charge in [-0.1, -0.05) is 6.58 Å². The quantitative estimate of drug-likeness (QED) is 0.557. The minimum atomic E-state index is -0.559. The van der Waals surface area contributed by atoms with E-state index < -0.39 is 6.10 Å². The first-order valence-corrected chi connectivity index (χ1v) is 9.73. The summed E-state index contributed by atoms with van der Waals surface area (Å²) in [7, 11) is 0. The zero-order chi connectivity index (χ0) is 21.0. The van der Waals surface area contributed by atoms with Crippen LogP contribution < -0.4 is 15.4 Å². The lowest BCUT2D eigenvalue weighted by molar-refractivity contribution is -0.132. The maximum absolute atomic E-state index is 12.9. The Bertz CT molecular complexity index is 843. The van der Waals surface area contributed by atoms with Gasteiger partial charge in [-0.15, -0.1) is 0 Å². The van der Waals surface area contributed by atoms with E-state index in [9.17, 15) is 19.2 Å². The normalized spacial score (nSPS) is 18.9. The fraction of sp³-hybridized carbons (Fsp3) is 0.429. The maximum atomic E-state index is 12.9. The van der Waals surface area contributed by atoms with Crippen LogP contribution in [0.3, 0.4) is 0 Å². The third-order valence-corrected chi connectivity index (χ3v) is 5.24. The van der Waals surface area contributed by atoms with Crippen molar-refractivity contribution in [3.05, 3.63) is 36.4 Å². The molecule has 2 N–H and O–H groups in total. The number of carbonyl (C=O) groups excluding carboxylic acids is 4. The van der Waals surface area contributed by atoms with E-state index in [1.165, 1.54) is 6.08 Å². The molecule has 0 saturated carbocycles. The largest absolute Gasteiger partial charge is 0.479 e. The average Bonchev–Trinajstić information content (AvgIpc) is 2.73. The molecule has 1 fully saturated rings. The second-order valence-electron chi connectivity index (χ2n) is 7.22. The van der Waals surface area contributed by atoms with Crippen LogP contribution in [0.4, 0.5) is 5.69 Å². The molecular formula is C21H25N3O5. The zero-order valence-electron chi connectivity index (χ0n) is 16.4. The van der Waals surface area contributed by atoms with Crippen LogP contribution in [0.15, 0.2) is 30.9 Å². The number of amides is 3. The van der Waals surface area contributed by atoms with Crippen LogP contribution in [0, 0.1) is 5.92 Å². The third-order valence-electron chi connectivity index (χ3n) is 5.24. The molecule has 0 bridgehead atoms. The van der Waals surface area contributed by atoms with E-state index in [0.717, 1.165) is 0 Å². The Morgan fingerprint density at radius 2 is 2.03 bits per heavy atom. The number of carbonyl (C=O) groups is 4. The Hall–Kier alpha value is -3.16. The fourth-order valence-corrected chi connectivity index (χ4v) is 3.51. The molecule has 2 heterocycles. The molecule has 29 heavy (non-hydrogen) atoms. The van der Waals surface area contributed by atoms with Gasteiger partial charge in [0.25, 0.3) is 5.91 Å². The lowest BCUT2D eigenvalue weighted by Gasteiger charge is -2.31. The Morgan fingerprint density at radius 3 is 2.72 bits per heavy atom. The molecule has 1 unspecified atom stereocenters. The highest BCUT2D eigenvalue weighted by molar-refractivity contribution is 6.02. The number of nitrogens with one attached hydrogen (secondary N) is 2. The highest BCUT2D eigenvalue weighted by Gasteiger charge is 2.29. The van der Waals surface area contributed by atoms with Gasteiger partial charge in [-0.05, 0) is 44.0 Å². The number of ether oxygens (including phenoxy) is 1. The van der Waals surface area contributed by atoms with Gasteiger partial charge >= 0.3 is 0 Å². The van der Waals surface area contributed by atoms with Crippen LogP contribution in [0.1, 0.15) is 36.5 Å². The summed E-state index contributed by atoms with van der Waals surface area (Å²) in [5, 5.41) is 5.34. The standard InChI is InChI=1S/C21H25N3O5/c1-3-18(25)22-9-6-19(26)24-10-7-14(8-11-24)20(27)15-4-5-17-16(12-15)23-21(28)13(2)29-17/h3-5,12-14H,1,6-11H2,2H3,(H,22,25)(H,23,28). The third kappa shape index (κ3) is 4.82. The number of hydrogen-bond acceptors (Lipinski definition) is 5. The Kier molecular flexibility index (Phi) is 6.31. The monoisotopic (exact) mass is 399 g/mol. The molecule has 1 aromatic rings. The molecule has 1 atom stereocenters. The van der Waals surface area contributed by atoms with Crippen LogP contribution in [0.2, 0.25) is 0 Å². The van der Waals surface area contributed by atoms with Crippen molar-refractivity contribution in [2.45, 2.75) is 32.3 Å². The van der Waals surface area contributed by atoms with Gasteiger partial charge in [0.2, 0.25) is 11.8 Å². The van der Waals surface area contributed by atoms with Crippen LogP contribution in [-0.4, -0.2) is 54.1 Å². The minimum absolute atomic E-state index is 0.00557. The number of ketones is 1. The Morgan fingerprint density at radius 1 is 1.31 bits per heavy atom. The minimum Gasteiger partial charge on any atom is -0.479 e. The first kappa shape index (κ1) is 20.6. The molecule has 8 heteroatoms. The van der Waals surface area contributed by atoms with Gasteiger partial charge in [-0.3, -0.25) is 19.2 Å². The van der Waals surface area contributed by atoms with E-state index in [1.807, 2.05) is 0 Å². The van der Waals surface area contributed by atoms with Crippen molar-refractivity contribution in [1.82, 2.24) is 10.2 Å². The molecule has 3 rings (SSSR count). The topological polar surface area (TPSA) is 105 Å². The van der Waals surface area contributed by atoms with E-state index in [0.29, 0.717) is 42.9 Å². The predicted octanol–water partition coefficient (Wildman–Crippen LogP) is 1.52. The van der Waals surface area contributed by atoms with E-state index in [-0.39, 0.29) is 42.4 Å². The number of fused-ring (bicyclic) bond motifs is 1. The highest BCUT2D eigenvalue weighted by Crippen LogP contribution is 2.32. The second-order valence-corrected chi connectivity index (χ2v) is 7.22. The number of piperidine rings is 1. The molecular weight excluding hydrogens is 374 g/mol. The van der Waals surface area contributed by atoms with E-state index >= 15 is 0 Å². The van der Waals surface area contributed by atoms with Crippen LogP contribution in [-0.2, 0) is 14.4 Å². The smallest absolute Gasteiger partial charge is 0.265 e. The molecule has 1 saturated heterocycles. The number of rotatable bonds is 6. The summed E-state index contributed by atoms with van der Waals surface area (Å²) in [6, 6.07) is 5.07. The first-order valence-electron chi connectivity index (χ1n) is 9.73. The number of hydrogen-bond donors (Lipinski definition) is 2. The summed E-state index contributed by atoms with van der Waals surface area (Å²) in [6.07, 6.45) is 2.00. The van der Waals surface area contributed by atoms with Crippen molar-refractivity contribution >= 4 is 29.2 Å². The molecule has 0 aromatic heterocycles. The van der Waals surface area contributed by atoms with Gasteiger partial charge in [-0.2, -0.15) is 0 Å². The predicted molar refractivity (Wildman–Crippen MR) is 107 cm³/mol. The van der Waals surface area contributed by atoms with Crippen LogP contribution in [0.25, 0.3) is 0 Å². The molecule has 0 aliphatic carbocycles. The van der Waals surface area contributed by atoms with Gasteiger partial charge in [-0.25, -0.2) is 0 Å². The zero-order valence-corrected chi connectivity index (χ0v) is 16.4. The molecule has 8 nitrogen and oxygen atoms in total. The number of nitrogens with zero attached hydrogens (tertiary/aromatic N) is 1. The Labute approximate surface area is 169 Å². The van der Waals surface area contributed by atoms with Gasteiger partial charge < -0.3 is 20.3 Å². The molecule has 0 radical (unpaired) electrons. The molecule has 3 amide bonds. The van der Waals surface area contributed by atoms with Crippen molar-refractivity contribution in [2.24, 2.45) is 5.92 Å². The summed E-state index contributed by atoms with van der Waals surface area (Å²) in [5.74, 6) is -0.190. The molecule has 154 valence electrons. The van der Waals surface area contributed by atoms with Crippen molar-refractivity contribution in [3.8, 4) is 5.75 Å². The van der Waals surface area contributed by atoms with Gasteiger partial charge in [0.15, 0.2) is 11.9 Å². The van der Waals surface area contributed by atoms with E-state index in [2.05, 4.69) is 17.2 Å². The maximum Gasteiger partial charge on any atom is 0.265 e. The van der Waals surface area contributed by atoms with Crippen molar-refractivity contribution in [2.75, 3.05) is 25.0 Å². The summed E-state index contributed by atoms with van der Waals surface area (Å²) in [6.45, 7) is 6.31. The van der Waals surface area contributed by atoms with Crippen molar-refractivity contribution < 1.29 is 23.9 Å². The number of likely N-dealkylation sites (tertiary alicyclic amines) is 1.